The number of carboxylic acid groups (broad SMARTS) is 4. The minimum atomic E-state index is -1.22. The molecule has 0 rings (SSSR count). The Morgan fingerprint density at radius 3 is 1.30 bits per heavy atom. The third-order valence-corrected chi connectivity index (χ3v) is 3.77. The fourth-order valence-electron chi connectivity index (χ4n) is 2.52. The normalized spacial score (nSPS) is 11.1. The molecule has 0 atom stereocenters. The zero-order valence-corrected chi connectivity index (χ0v) is 16.7. The quantitative estimate of drug-likeness (QED) is 0.154. The Hall–Kier alpha value is -2.77. The van der Waals surface area contributed by atoms with Crippen molar-refractivity contribution >= 4 is 29.8 Å². The summed E-state index contributed by atoms with van der Waals surface area (Å²) in [6, 6.07) is 0. The van der Waals surface area contributed by atoms with Crippen LogP contribution in [0.4, 0.5) is 0 Å². The molecule has 0 aromatic carbocycles. The Bertz CT molecular complexity index is 584. The highest BCUT2D eigenvalue weighted by molar-refractivity contribution is 5.79. The number of hydrogen-bond donors (Lipinski definition) is 5. The number of amides is 1. The maximum absolute atomic E-state index is 11.8. The summed E-state index contributed by atoms with van der Waals surface area (Å²) in [5.41, 5.74) is 0. The molecule has 0 aromatic rings. The second kappa shape index (κ2) is 15.1. The smallest absolute Gasteiger partial charge is 0.317 e. The molecule has 171 valence electrons. The SMILES string of the molecule is [CH2]CCNC(=O)CN(CCN(CCN(CC(=O)O)CC(=O)O)CC(=O)O)CC(=O)O. The van der Waals surface area contributed by atoms with E-state index < -0.39 is 56.0 Å². The molecule has 0 bridgehead atoms. The monoisotopic (exact) mass is 433 g/mol. The average molecular weight is 433 g/mol. The number of carbonyl (C=O) groups excluding carboxylic acids is 1. The lowest BCUT2D eigenvalue weighted by Crippen LogP contribution is -2.46. The molecular formula is C17H29N4O9. The van der Waals surface area contributed by atoms with Gasteiger partial charge in [0.2, 0.25) is 5.91 Å². The van der Waals surface area contributed by atoms with Crippen LogP contribution in [-0.4, -0.2) is 130 Å². The van der Waals surface area contributed by atoms with E-state index >= 15 is 0 Å². The molecule has 0 saturated carbocycles. The van der Waals surface area contributed by atoms with E-state index in [0.717, 1.165) is 4.90 Å². The van der Waals surface area contributed by atoms with Crippen LogP contribution in [0.2, 0.25) is 0 Å². The molecule has 0 fully saturated rings. The van der Waals surface area contributed by atoms with E-state index in [-0.39, 0.29) is 32.7 Å². The maximum atomic E-state index is 11.8. The van der Waals surface area contributed by atoms with E-state index in [9.17, 15) is 24.0 Å². The topological polar surface area (TPSA) is 188 Å². The molecule has 5 N–H and O–H groups in total. The van der Waals surface area contributed by atoms with Crippen LogP contribution in [0.5, 0.6) is 0 Å². The molecule has 0 aliphatic carbocycles. The van der Waals surface area contributed by atoms with Gasteiger partial charge in [0.25, 0.3) is 0 Å². The lowest BCUT2D eigenvalue weighted by molar-refractivity contribution is -0.143. The fraction of sp³-hybridized carbons (Fsp3) is 0.647. The Labute approximate surface area is 173 Å². The molecule has 30 heavy (non-hydrogen) atoms. The molecule has 13 heteroatoms. The largest absolute Gasteiger partial charge is 0.480 e. The van der Waals surface area contributed by atoms with E-state index in [1.54, 1.807) is 0 Å². The number of hydrogen-bond acceptors (Lipinski definition) is 8. The zero-order valence-electron chi connectivity index (χ0n) is 16.7. The lowest BCUT2D eigenvalue weighted by Gasteiger charge is -2.27. The van der Waals surface area contributed by atoms with Gasteiger partial charge in [0.15, 0.2) is 0 Å². The van der Waals surface area contributed by atoms with Crippen molar-refractivity contribution in [2.75, 3.05) is 65.4 Å². The highest BCUT2D eigenvalue weighted by Crippen LogP contribution is 1.97. The van der Waals surface area contributed by atoms with E-state index in [4.69, 9.17) is 20.4 Å². The fourth-order valence-corrected chi connectivity index (χ4v) is 2.52. The summed E-state index contributed by atoms with van der Waals surface area (Å²) in [5, 5.41) is 38.4. The van der Waals surface area contributed by atoms with Gasteiger partial charge in [-0.1, -0.05) is 6.92 Å². The number of nitrogens with zero attached hydrogens (tertiary/aromatic N) is 3. The van der Waals surface area contributed by atoms with E-state index in [1.165, 1.54) is 9.80 Å². The van der Waals surface area contributed by atoms with Gasteiger partial charge in [-0.3, -0.25) is 38.7 Å². The van der Waals surface area contributed by atoms with Crippen LogP contribution in [0.15, 0.2) is 0 Å². The molecular weight excluding hydrogens is 404 g/mol. The third-order valence-electron chi connectivity index (χ3n) is 3.77. The molecule has 0 saturated heterocycles. The van der Waals surface area contributed by atoms with Gasteiger partial charge in [0.05, 0.1) is 32.7 Å². The molecule has 0 aromatic heterocycles. The Morgan fingerprint density at radius 1 is 0.600 bits per heavy atom. The summed E-state index contributed by atoms with van der Waals surface area (Å²) < 4.78 is 0. The molecule has 1 radical (unpaired) electrons. The Morgan fingerprint density at radius 2 is 0.933 bits per heavy atom. The average Bonchev–Trinajstić information content (AvgIpc) is 2.59. The highest BCUT2D eigenvalue weighted by atomic mass is 16.4. The van der Waals surface area contributed by atoms with Crippen LogP contribution in [0.1, 0.15) is 6.42 Å². The van der Waals surface area contributed by atoms with Crippen molar-refractivity contribution in [1.29, 1.82) is 0 Å². The molecule has 0 heterocycles. The first-order valence-electron chi connectivity index (χ1n) is 9.13. The van der Waals surface area contributed by atoms with Crippen molar-refractivity contribution in [1.82, 2.24) is 20.0 Å². The van der Waals surface area contributed by atoms with Crippen molar-refractivity contribution in [3.05, 3.63) is 6.92 Å². The second-order valence-corrected chi connectivity index (χ2v) is 6.48. The van der Waals surface area contributed by atoms with Gasteiger partial charge in [0.1, 0.15) is 0 Å². The third kappa shape index (κ3) is 15.2. The van der Waals surface area contributed by atoms with Crippen LogP contribution < -0.4 is 5.32 Å². The predicted molar refractivity (Wildman–Crippen MR) is 103 cm³/mol. The van der Waals surface area contributed by atoms with Crippen molar-refractivity contribution in [2.45, 2.75) is 6.42 Å². The van der Waals surface area contributed by atoms with Crippen molar-refractivity contribution in [3.63, 3.8) is 0 Å². The lowest BCUT2D eigenvalue weighted by atomic mass is 10.3. The second-order valence-electron chi connectivity index (χ2n) is 6.48. The number of nitrogens with one attached hydrogen (secondary N) is 1. The van der Waals surface area contributed by atoms with Gasteiger partial charge in [0, 0.05) is 32.7 Å². The zero-order chi connectivity index (χ0) is 23.1. The van der Waals surface area contributed by atoms with Gasteiger partial charge >= 0.3 is 23.9 Å². The number of rotatable bonds is 18. The van der Waals surface area contributed by atoms with E-state index in [2.05, 4.69) is 12.2 Å². The molecule has 0 aliphatic heterocycles. The van der Waals surface area contributed by atoms with Gasteiger partial charge < -0.3 is 25.7 Å². The standard InChI is InChI=1S/C17H29N4O9/c1-2-3-18-13(22)8-20(10-15(25)26)6-4-19(9-14(23)24)5-7-21(11-16(27)28)12-17(29)30/h1-12H2,(H,18,22)(H,23,24)(H,25,26)(H,27,28)(H,29,30). The number of carbonyl (C=O) groups is 5. The van der Waals surface area contributed by atoms with Crippen LogP contribution in [0.25, 0.3) is 0 Å². The van der Waals surface area contributed by atoms with Crippen LogP contribution in [0, 0.1) is 6.92 Å². The summed E-state index contributed by atoms with van der Waals surface area (Å²) in [4.78, 5) is 59.6. The van der Waals surface area contributed by atoms with Gasteiger partial charge in [-0.2, -0.15) is 0 Å². The first kappa shape index (κ1) is 27.2. The minimum Gasteiger partial charge on any atom is -0.480 e. The molecule has 0 spiro atoms. The van der Waals surface area contributed by atoms with Crippen LogP contribution >= 0.6 is 0 Å². The highest BCUT2D eigenvalue weighted by Gasteiger charge is 2.19. The number of aliphatic carboxylic acids is 4. The van der Waals surface area contributed by atoms with Crippen LogP contribution in [-0.2, 0) is 24.0 Å². The molecule has 0 aliphatic rings. The first-order valence-corrected chi connectivity index (χ1v) is 9.13. The van der Waals surface area contributed by atoms with Crippen molar-refractivity contribution in [3.8, 4) is 0 Å². The van der Waals surface area contributed by atoms with Gasteiger partial charge in [-0.05, 0) is 6.42 Å². The Balaban J connectivity index is 4.93. The van der Waals surface area contributed by atoms with E-state index in [1.807, 2.05) is 0 Å². The van der Waals surface area contributed by atoms with Gasteiger partial charge in [-0.25, -0.2) is 0 Å². The summed E-state index contributed by atoms with van der Waals surface area (Å²) in [5.74, 6) is -5.14. The first-order chi connectivity index (χ1) is 14.0. The number of carboxylic acids is 4. The maximum Gasteiger partial charge on any atom is 0.317 e. The molecule has 0 unspecified atom stereocenters. The summed E-state index contributed by atoms with van der Waals surface area (Å²) in [6.07, 6.45) is 0.472. The van der Waals surface area contributed by atoms with Crippen molar-refractivity contribution in [2.24, 2.45) is 0 Å². The summed E-state index contributed by atoms with van der Waals surface area (Å²) in [6.45, 7) is 2.01. The summed E-state index contributed by atoms with van der Waals surface area (Å²) >= 11 is 0. The van der Waals surface area contributed by atoms with Gasteiger partial charge in [-0.15, -0.1) is 0 Å². The predicted octanol–water partition coefficient (Wildman–Crippen LogP) is -2.43. The van der Waals surface area contributed by atoms with E-state index in [0.29, 0.717) is 13.0 Å². The Kier molecular flexibility index (Phi) is 13.7. The molecule has 1 amide bonds. The summed E-state index contributed by atoms with van der Waals surface area (Å²) in [7, 11) is 0. The van der Waals surface area contributed by atoms with Crippen LogP contribution in [0.3, 0.4) is 0 Å². The van der Waals surface area contributed by atoms with Crippen molar-refractivity contribution < 1.29 is 44.4 Å². The molecule has 13 nitrogen and oxygen atoms in total. The minimum absolute atomic E-state index is 0.0191.